The largest absolute Gasteiger partial charge is 0.118 e. The minimum Gasteiger partial charge on any atom is -0.118 e. The van der Waals surface area contributed by atoms with Gasteiger partial charge in [-0.2, -0.15) is 0 Å². The summed E-state index contributed by atoms with van der Waals surface area (Å²) in [5.74, 6) is 0.573. The van der Waals surface area contributed by atoms with Gasteiger partial charge in [-0.15, -0.1) is 11.6 Å². The summed E-state index contributed by atoms with van der Waals surface area (Å²) in [6.07, 6.45) is 7.62. The van der Waals surface area contributed by atoms with E-state index >= 15 is 0 Å². The average molecular weight is 251 g/mol. The molecular formula is C16H23Cl. The van der Waals surface area contributed by atoms with Crippen molar-refractivity contribution in [1.82, 2.24) is 0 Å². The molecule has 0 saturated carbocycles. The molecule has 17 heavy (non-hydrogen) atoms. The zero-order valence-electron chi connectivity index (χ0n) is 11.0. The second-order valence-corrected chi connectivity index (χ2v) is 5.87. The molecule has 0 radical (unpaired) electrons. The van der Waals surface area contributed by atoms with Gasteiger partial charge in [-0.3, -0.25) is 0 Å². The maximum absolute atomic E-state index is 6.58. The van der Waals surface area contributed by atoms with Gasteiger partial charge in [0.05, 0.1) is 5.38 Å². The minimum absolute atomic E-state index is 0.183. The van der Waals surface area contributed by atoms with Crippen molar-refractivity contribution in [2.75, 3.05) is 0 Å². The van der Waals surface area contributed by atoms with Crippen LogP contribution in [0, 0.1) is 5.92 Å². The molecule has 94 valence electrons. The molecule has 2 rings (SSSR count). The smallest absolute Gasteiger partial charge is 0.0610 e. The van der Waals surface area contributed by atoms with Gasteiger partial charge < -0.3 is 0 Å². The third kappa shape index (κ3) is 3.04. The van der Waals surface area contributed by atoms with Crippen LogP contribution < -0.4 is 0 Å². The molecule has 0 heterocycles. The van der Waals surface area contributed by atoms with Crippen molar-refractivity contribution < 1.29 is 0 Å². The van der Waals surface area contributed by atoms with Gasteiger partial charge in [-0.1, -0.05) is 38.5 Å². The Morgan fingerprint density at radius 2 is 1.88 bits per heavy atom. The molecule has 1 aliphatic carbocycles. The highest BCUT2D eigenvalue weighted by Crippen LogP contribution is 2.34. The van der Waals surface area contributed by atoms with Crippen molar-refractivity contribution >= 4 is 11.6 Å². The molecule has 0 nitrogen and oxygen atoms in total. The molecule has 1 heteroatoms. The maximum Gasteiger partial charge on any atom is 0.0610 e. The van der Waals surface area contributed by atoms with Gasteiger partial charge >= 0.3 is 0 Å². The lowest BCUT2D eigenvalue weighted by Crippen LogP contribution is -2.07. The summed E-state index contributed by atoms with van der Waals surface area (Å²) >= 11 is 6.58. The first kappa shape index (κ1) is 13.0. The Balaban J connectivity index is 2.15. The fourth-order valence-corrected chi connectivity index (χ4v) is 3.12. The Morgan fingerprint density at radius 1 is 1.18 bits per heavy atom. The van der Waals surface area contributed by atoms with Crippen molar-refractivity contribution in [3.05, 3.63) is 34.9 Å². The summed E-state index contributed by atoms with van der Waals surface area (Å²) in [5, 5.41) is 0.183. The number of rotatable bonds is 4. The highest BCUT2D eigenvalue weighted by Gasteiger charge is 2.18. The summed E-state index contributed by atoms with van der Waals surface area (Å²) in [6.45, 7) is 4.49. The van der Waals surface area contributed by atoms with Crippen molar-refractivity contribution in [2.24, 2.45) is 5.92 Å². The van der Waals surface area contributed by atoms with Gasteiger partial charge in [0.2, 0.25) is 0 Å². The van der Waals surface area contributed by atoms with Crippen LogP contribution in [0.2, 0.25) is 0 Å². The van der Waals surface area contributed by atoms with E-state index in [9.17, 15) is 0 Å². The average Bonchev–Trinajstić information content (AvgIpc) is 2.37. The molecule has 0 fully saturated rings. The van der Waals surface area contributed by atoms with Crippen molar-refractivity contribution in [1.29, 1.82) is 0 Å². The Labute approximate surface area is 110 Å². The number of benzene rings is 1. The predicted octanol–water partition coefficient (Wildman–Crippen LogP) is 5.28. The van der Waals surface area contributed by atoms with E-state index in [0.29, 0.717) is 5.92 Å². The number of hydrogen-bond donors (Lipinski definition) is 0. The summed E-state index contributed by atoms with van der Waals surface area (Å²) in [6, 6.07) is 6.91. The number of fused-ring (bicyclic) bond motifs is 1. The summed E-state index contributed by atoms with van der Waals surface area (Å²) in [4.78, 5) is 0. The Kier molecular flexibility index (Phi) is 4.50. The second-order valence-electron chi connectivity index (χ2n) is 5.40. The van der Waals surface area contributed by atoms with Gasteiger partial charge in [0.25, 0.3) is 0 Å². The molecule has 1 aromatic rings. The van der Waals surface area contributed by atoms with Crippen LogP contribution in [0.25, 0.3) is 0 Å². The Morgan fingerprint density at radius 3 is 2.59 bits per heavy atom. The molecule has 0 saturated heterocycles. The second kappa shape index (κ2) is 5.91. The van der Waals surface area contributed by atoms with Gasteiger partial charge in [0.1, 0.15) is 0 Å². The third-order valence-electron chi connectivity index (χ3n) is 3.93. The van der Waals surface area contributed by atoms with Crippen molar-refractivity contribution in [2.45, 2.75) is 57.7 Å². The molecule has 1 aliphatic rings. The first-order chi connectivity index (χ1) is 8.22. The van der Waals surface area contributed by atoms with E-state index in [4.69, 9.17) is 11.6 Å². The van der Waals surface area contributed by atoms with Crippen molar-refractivity contribution in [3.63, 3.8) is 0 Å². The molecule has 0 aliphatic heterocycles. The lowest BCUT2D eigenvalue weighted by atomic mass is 9.88. The summed E-state index contributed by atoms with van der Waals surface area (Å²) in [7, 11) is 0. The first-order valence-corrected chi connectivity index (χ1v) is 7.41. The van der Waals surface area contributed by atoms with Crippen LogP contribution in [0.4, 0.5) is 0 Å². The summed E-state index contributed by atoms with van der Waals surface area (Å²) in [5.41, 5.74) is 4.42. The normalized spacial score (nSPS) is 18.5. The Bertz CT molecular complexity index is 370. The van der Waals surface area contributed by atoms with E-state index in [-0.39, 0.29) is 5.38 Å². The van der Waals surface area contributed by atoms with Gasteiger partial charge in [-0.05, 0) is 54.7 Å². The van der Waals surface area contributed by atoms with Crippen LogP contribution in [-0.2, 0) is 12.8 Å². The topological polar surface area (TPSA) is 0 Å². The van der Waals surface area contributed by atoms with E-state index in [1.54, 1.807) is 11.1 Å². The minimum atomic E-state index is 0.183. The van der Waals surface area contributed by atoms with E-state index in [2.05, 4.69) is 32.0 Å². The number of hydrogen-bond acceptors (Lipinski definition) is 0. The highest BCUT2D eigenvalue weighted by molar-refractivity contribution is 6.21. The van der Waals surface area contributed by atoms with Crippen LogP contribution in [0.15, 0.2) is 18.2 Å². The highest BCUT2D eigenvalue weighted by atomic mass is 35.5. The van der Waals surface area contributed by atoms with Crippen LogP contribution in [-0.4, -0.2) is 0 Å². The van der Waals surface area contributed by atoms with E-state index in [1.807, 2.05) is 0 Å². The van der Waals surface area contributed by atoms with Gasteiger partial charge in [-0.25, -0.2) is 0 Å². The fraction of sp³-hybridized carbons (Fsp3) is 0.625. The van der Waals surface area contributed by atoms with Crippen LogP contribution in [0.3, 0.4) is 0 Å². The summed E-state index contributed by atoms with van der Waals surface area (Å²) < 4.78 is 0. The quantitative estimate of drug-likeness (QED) is 0.638. The standard InChI is InChI=1S/C16H23Cl/c1-3-6-12(2)16(17)15-10-9-13-7-4-5-8-14(13)11-15/h9-12,16H,3-8H2,1-2H3. The van der Waals surface area contributed by atoms with Crippen molar-refractivity contribution in [3.8, 4) is 0 Å². The molecule has 1 aromatic carbocycles. The maximum atomic E-state index is 6.58. The Hall–Kier alpha value is -0.490. The number of alkyl halides is 1. The third-order valence-corrected chi connectivity index (χ3v) is 4.62. The fourth-order valence-electron chi connectivity index (χ4n) is 2.86. The van der Waals surface area contributed by atoms with E-state index < -0.39 is 0 Å². The SMILES string of the molecule is CCCC(C)C(Cl)c1ccc2c(c1)CCCC2. The monoisotopic (exact) mass is 250 g/mol. The molecular weight excluding hydrogens is 228 g/mol. The molecule has 0 N–H and O–H groups in total. The molecule has 0 spiro atoms. The predicted molar refractivity (Wildman–Crippen MR) is 75.8 cm³/mol. The van der Waals surface area contributed by atoms with E-state index in [0.717, 1.165) is 0 Å². The van der Waals surface area contributed by atoms with E-state index in [1.165, 1.54) is 44.1 Å². The molecule has 0 aromatic heterocycles. The molecule has 0 amide bonds. The number of aryl methyl sites for hydroxylation is 2. The molecule has 2 unspecified atom stereocenters. The number of halogens is 1. The van der Waals surface area contributed by atoms with Gasteiger partial charge in [0, 0.05) is 0 Å². The lowest BCUT2D eigenvalue weighted by molar-refractivity contribution is 0.507. The zero-order chi connectivity index (χ0) is 12.3. The zero-order valence-corrected chi connectivity index (χ0v) is 11.8. The first-order valence-electron chi connectivity index (χ1n) is 6.98. The molecule has 0 bridgehead atoms. The van der Waals surface area contributed by atoms with Gasteiger partial charge in [0.15, 0.2) is 0 Å². The lowest BCUT2D eigenvalue weighted by Gasteiger charge is -2.21. The molecule has 2 atom stereocenters. The van der Waals surface area contributed by atoms with Crippen LogP contribution in [0.5, 0.6) is 0 Å². The van der Waals surface area contributed by atoms with Crippen LogP contribution >= 0.6 is 11.6 Å². The van der Waals surface area contributed by atoms with Crippen LogP contribution in [0.1, 0.15) is 61.6 Å².